The van der Waals surface area contributed by atoms with E-state index in [9.17, 15) is 44.7 Å². The number of aromatic nitrogens is 3. The highest BCUT2D eigenvalue weighted by Gasteiger charge is 2.42. The average molecular weight is 692 g/mol. The Hall–Kier alpha value is -4.02. The smallest absolute Gasteiger partial charge is 0.416 e. The summed E-state index contributed by atoms with van der Waals surface area (Å²) >= 11 is 0. The van der Waals surface area contributed by atoms with Crippen LogP contribution >= 0.6 is 0 Å². The Kier molecular flexibility index (Phi) is 10.2. The number of H-pyrrole nitrogens is 1. The molecular weight excluding hydrogens is 658 g/mol. The fourth-order valence-electron chi connectivity index (χ4n) is 5.99. The first-order chi connectivity index (χ1) is 22.5. The molecule has 2 amide bonds. The number of rotatable bonds is 10. The summed E-state index contributed by atoms with van der Waals surface area (Å²) in [6.45, 7) is 0.881. The molecule has 1 unspecified atom stereocenters. The van der Waals surface area contributed by atoms with Crippen molar-refractivity contribution < 1.29 is 54.2 Å². The van der Waals surface area contributed by atoms with E-state index in [1.165, 1.54) is 18.2 Å². The minimum atomic E-state index is -4.73. The Morgan fingerprint density at radius 1 is 1.08 bits per heavy atom. The molecule has 2 aliphatic rings. The molecule has 0 spiro atoms. The summed E-state index contributed by atoms with van der Waals surface area (Å²) in [5.74, 6) is -3.21. The van der Waals surface area contributed by atoms with E-state index in [2.05, 4.69) is 25.6 Å². The van der Waals surface area contributed by atoms with Gasteiger partial charge in [0.05, 0.1) is 17.0 Å². The van der Waals surface area contributed by atoms with Crippen molar-refractivity contribution in [3.05, 3.63) is 52.3 Å². The SMILES string of the molecule is CC1(C(=O)NCc2ccc(C(F)(F)F)c(Cc3nc4nc(OCC(F)F)c(C(=O)NC5CCC(C(F)(F)F)CC5)cc4[nH]3)c2)CCCO1. The van der Waals surface area contributed by atoms with Crippen LogP contribution in [0.25, 0.3) is 11.2 Å². The monoisotopic (exact) mass is 691 g/mol. The molecule has 1 aliphatic carbocycles. The number of halogens is 8. The van der Waals surface area contributed by atoms with Crippen LogP contribution in [0, 0.1) is 5.92 Å². The summed E-state index contributed by atoms with van der Waals surface area (Å²) < 4.78 is 118. The summed E-state index contributed by atoms with van der Waals surface area (Å²) in [4.78, 5) is 36.9. The number of aromatic amines is 1. The number of pyridine rings is 1. The third-order valence-corrected chi connectivity index (χ3v) is 8.59. The lowest BCUT2D eigenvalue weighted by Gasteiger charge is -2.30. The van der Waals surface area contributed by atoms with Crippen molar-refractivity contribution >= 4 is 23.0 Å². The van der Waals surface area contributed by atoms with Gasteiger partial charge >= 0.3 is 12.4 Å². The molecule has 3 heterocycles. The number of carbonyl (C=O) groups is 2. The number of nitrogens with zero attached hydrogens (tertiary/aromatic N) is 2. The summed E-state index contributed by atoms with van der Waals surface area (Å²) in [5.41, 5.74) is -2.11. The number of carbonyl (C=O) groups excluding carboxylic acids is 2. The number of alkyl halides is 8. The third kappa shape index (κ3) is 8.33. The van der Waals surface area contributed by atoms with Gasteiger partial charge in [-0.2, -0.15) is 31.3 Å². The number of hydrogen-bond donors (Lipinski definition) is 3. The van der Waals surface area contributed by atoms with E-state index < -0.39 is 60.3 Å². The topological polar surface area (TPSA) is 118 Å². The molecule has 3 N–H and O–H groups in total. The van der Waals surface area contributed by atoms with E-state index in [0.29, 0.717) is 25.0 Å². The summed E-state index contributed by atoms with van der Waals surface area (Å²) in [7, 11) is 0. The first kappa shape index (κ1) is 35.3. The molecule has 3 aromatic rings. The Morgan fingerprint density at radius 2 is 1.81 bits per heavy atom. The van der Waals surface area contributed by atoms with E-state index >= 15 is 0 Å². The van der Waals surface area contributed by atoms with Crippen LogP contribution in [-0.4, -0.2) is 64.2 Å². The molecule has 5 rings (SSSR count). The van der Waals surface area contributed by atoms with Gasteiger partial charge in [0.1, 0.15) is 17.0 Å². The largest absolute Gasteiger partial charge is 0.471 e. The van der Waals surface area contributed by atoms with Crippen LogP contribution in [0.15, 0.2) is 24.3 Å². The summed E-state index contributed by atoms with van der Waals surface area (Å²) in [6, 6.07) is 4.01. The molecule has 9 nitrogen and oxygen atoms in total. The van der Waals surface area contributed by atoms with Gasteiger partial charge in [-0.1, -0.05) is 12.1 Å². The molecular formula is C31H33F8N5O4. The van der Waals surface area contributed by atoms with Gasteiger partial charge in [0.25, 0.3) is 18.2 Å². The molecule has 2 aromatic heterocycles. The summed E-state index contributed by atoms with van der Waals surface area (Å²) in [6.07, 6.45) is -11.5. The Balaban J connectivity index is 1.37. The Bertz CT molecular complexity index is 1630. The standard InChI is InChI=1S/C31H33F8N5O4/c1-29(9-2-10-48-29)28(46)40-14-16-3-8-21(31(37,38)39)17(11-16)12-24-42-22-13-20(27(44-25(22)43-24)47-15-23(32)33)26(45)41-19-6-4-18(5-7-19)30(34,35)36/h3,8,11,13,18-19,23H,2,4-7,9-10,12,14-15H2,1H3,(H,40,46)(H,41,45)(H,42,43,44). The second kappa shape index (κ2) is 13.8. The molecule has 262 valence electrons. The molecule has 1 aromatic carbocycles. The van der Waals surface area contributed by atoms with Crippen molar-refractivity contribution in [1.82, 2.24) is 25.6 Å². The fraction of sp³-hybridized carbons (Fsp3) is 0.548. The molecule has 1 aliphatic heterocycles. The number of benzene rings is 1. The van der Waals surface area contributed by atoms with Gasteiger partial charge in [-0.15, -0.1) is 0 Å². The van der Waals surface area contributed by atoms with Crippen molar-refractivity contribution in [2.24, 2.45) is 5.92 Å². The zero-order chi connectivity index (χ0) is 34.9. The highest BCUT2D eigenvalue weighted by atomic mass is 19.4. The predicted molar refractivity (Wildman–Crippen MR) is 154 cm³/mol. The second-order valence-electron chi connectivity index (χ2n) is 12.2. The van der Waals surface area contributed by atoms with Crippen LogP contribution < -0.4 is 15.4 Å². The number of nitrogens with one attached hydrogen (secondary N) is 3. The van der Waals surface area contributed by atoms with Gasteiger partial charge in [-0.3, -0.25) is 9.59 Å². The fourth-order valence-corrected chi connectivity index (χ4v) is 5.99. The lowest BCUT2D eigenvalue weighted by Crippen LogP contribution is -2.43. The average Bonchev–Trinajstić information content (AvgIpc) is 3.63. The van der Waals surface area contributed by atoms with Crippen LogP contribution in [0.3, 0.4) is 0 Å². The normalized spacial score (nSPS) is 21.9. The van der Waals surface area contributed by atoms with E-state index in [1.807, 2.05) is 0 Å². The van der Waals surface area contributed by atoms with Crippen LogP contribution in [0.1, 0.15) is 78.3 Å². The maximum Gasteiger partial charge on any atom is 0.416 e. The van der Waals surface area contributed by atoms with Crippen molar-refractivity contribution in [1.29, 1.82) is 0 Å². The Morgan fingerprint density at radius 3 is 2.44 bits per heavy atom. The molecule has 2 fully saturated rings. The lowest BCUT2D eigenvalue weighted by molar-refractivity contribution is -0.182. The van der Waals surface area contributed by atoms with Crippen LogP contribution in [0.2, 0.25) is 0 Å². The van der Waals surface area contributed by atoms with Crippen LogP contribution in [0.5, 0.6) is 5.88 Å². The van der Waals surface area contributed by atoms with Gasteiger partial charge in [0.2, 0.25) is 5.88 Å². The maximum absolute atomic E-state index is 14.0. The van der Waals surface area contributed by atoms with Crippen LogP contribution in [-0.2, 0) is 28.7 Å². The zero-order valence-corrected chi connectivity index (χ0v) is 25.7. The van der Waals surface area contributed by atoms with E-state index in [4.69, 9.17) is 9.47 Å². The minimum absolute atomic E-state index is 0.00102. The van der Waals surface area contributed by atoms with Gasteiger partial charge < -0.3 is 25.1 Å². The molecule has 1 atom stereocenters. The van der Waals surface area contributed by atoms with Crippen molar-refractivity contribution in [3.8, 4) is 5.88 Å². The minimum Gasteiger partial charge on any atom is -0.471 e. The van der Waals surface area contributed by atoms with Crippen molar-refractivity contribution in [2.75, 3.05) is 13.2 Å². The number of ether oxygens (including phenoxy) is 2. The highest BCUT2D eigenvalue weighted by Crippen LogP contribution is 2.38. The zero-order valence-electron chi connectivity index (χ0n) is 25.7. The van der Waals surface area contributed by atoms with Gasteiger partial charge in [-0.25, -0.2) is 13.8 Å². The molecule has 1 saturated heterocycles. The number of imidazole rings is 1. The Labute approximate surface area is 269 Å². The van der Waals surface area contributed by atoms with Crippen LogP contribution in [0.4, 0.5) is 35.1 Å². The van der Waals surface area contributed by atoms with Crippen molar-refractivity contribution in [3.63, 3.8) is 0 Å². The first-order valence-corrected chi connectivity index (χ1v) is 15.3. The molecule has 0 radical (unpaired) electrons. The summed E-state index contributed by atoms with van der Waals surface area (Å²) in [5, 5.41) is 5.31. The lowest BCUT2D eigenvalue weighted by atomic mass is 9.85. The quantitative estimate of drug-likeness (QED) is 0.217. The molecule has 0 bridgehead atoms. The molecule has 1 saturated carbocycles. The number of amides is 2. The van der Waals surface area contributed by atoms with Crippen molar-refractivity contribution in [2.45, 2.75) is 88.8 Å². The van der Waals surface area contributed by atoms with E-state index in [-0.39, 0.29) is 72.7 Å². The molecule has 48 heavy (non-hydrogen) atoms. The molecule has 17 heteroatoms. The first-order valence-electron chi connectivity index (χ1n) is 15.3. The second-order valence-corrected chi connectivity index (χ2v) is 12.2. The number of hydrogen-bond acceptors (Lipinski definition) is 6. The van der Waals surface area contributed by atoms with Gasteiger partial charge in [0.15, 0.2) is 12.3 Å². The van der Waals surface area contributed by atoms with E-state index in [0.717, 1.165) is 6.07 Å². The number of fused-ring (bicyclic) bond motifs is 1. The van der Waals surface area contributed by atoms with Gasteiger partial charge in [0, 0.05) is 25.6 Å². The third-order valence-electron chi connectivity index (χ3n) is 8.59. The highest BCUT2D eigenvalue weighted by molar-refractivity contribution is 5.99. The maximum atomic E-state index is 14.0. The van der Waals surface area contributed by atoms with Gasteiger partial charge in [-0.05, 0) is 68.7 Å². The predicted octanol–water partition coefficient (Wildman–Crippen LogP) is 6.25. The van der Waals surface area contributed by atoms with E-state index in [1.54, 1.807) is 6.92 Å².